The molecule has 1 aliphatic carbocycles. The minimum absolute atomic E-state index is 0.0998. The Morgan fingerprint density at radius 3 is 2.48 bits per heavy atom. The smallest absolute Gasteiger partial charge is 0.435 e. The molecule has 0 saturated carbocycles. The maximum absolute atomic E-state index is 12.9. The zero-order valence-corrected chi connectivity index (χ0v) is 13.9. The summed E-state index contributed by atoms with van der Waals surface area (Å²) in [6, 6.07) is 11.7. The molecule has 1 atom stereocenters. The van der Waals surface area contributed by atoms with Gasteiger partial charge in [-0.25, -0.2) is 10.1 Å². The minimum atomic E-state index is -1.96. The zero-order chi connectivity index (χ0) is 18.0. The van der Waals surface area contributed by atoms with Crippen LogP contribution in [-0.4, -0.2) is 23.8 Å². The molecule has 25 heavy (non-hydrogen) atoms. The van der Waals surface area contributed by atoms with Gasteiger partial charge in [0.1, 0.15) is 0 Å². The first-order chi connectivity index (χ1) is 12.1. The molecular weight excluding hydrogens is 324 g/mol. The molecule has 0 heterocycles. The molecule has 0 amide bonds. The van der Waals surface area contributed by atoms with Gasteiger partial charge in [-0.1, -0.05) is 43.3 Å². The Labute approximate surface area is 144 Å². The van der Waals surface area contributed by atoms with Crippen LogP contribution in [0.4, 0.5) is 4.79 Å². The quantitative estimate of drug-likeness (QED) is 0.395. The second-order valence-electron chi connectivity index (χ2n) is 5.60. The Morgan fingerprint density at radius 2 is 1.80 bits per heavy atom. The van der Waals surface area contributed by atoms with Gasteiger partial charge in [-0.15, -0.1) is 0 Å². The Bertz CT molecular complexity index is 828. The highest BCUT2D eigenvalue weighted by molar-refractivity contribution is 6.13. The Balaban J connectivity index is 2.25. The lowest BCUT2D eigenvalue weighted by Gasteiger charge is -2.35. The number of rotatable bonds is 4. The van der Waals surface area contributed by atoms with Gasteiger partial charge in [0.05, 0.1) is 6.61 Å². The molecule has 0 saturated heterocycles. The fraction of sp³-hybridized carbons (Fsp3) is 0.263. The molecule has 0 aromatic heterocycles. The predicted octanol–water partition coefficient (Wildman–Crippen LogP) is 3.66. The Morgan fingerprint density at radius 1 is 1.08 bits per heavy atom. The van der Waals surface area contributed by atoms with Crippen molar-refractivity contribution in [2.24, 2.45) is 0 Å². The van der Waals surface area contributed by atoms with Gasteiger partial charge >= 0.3 is 11.9 Å². The number of ether oxygens (including phenoxy) is 2. The third kappa shape index (κ3) is 2.69. The van der Waals surface area contributed by atoms with Crippen molar-refractivity contribution in [3.05, 3.63) is 70.3 Å². The SMILES string of the molecule is CCOC(=O)OC1(OO)c2ccccc2C(=O)c2cc(CC)ccc21. The molecule has 1 unspecified atom stereocenters. The van der Waals surface area contributed by atoms with Crippen molar-refractivity contribution in [2.45, 2.75) is 26.1 Å². The molecule has 0 fully saturated rings. The first-order valence-corrected chi connectivity index (χ1v) is 8.03. The maximum Gasteiger partial charge on any atom is 0.511 e. The number of aryl methyl sites for hydroxylation is 1. The average Bonchev–Trinajstić information content (AvgIpc) is 2.65. The second kappa shape index (κ2) is 6.66. The second-order valence-corrected chi connectivity index (χ2v) is 5.60. The van der Waals surface area contributed by atoms with Gasteiger partial charge in [-0.05, 0) is 25.0 Å². The number of carbonyl (C=O) groups is 2. The highest BCUT2D eigenvalue weighted by Gasteiger charge is 2.49. The van der Waals surface area contributed by atoms with Gasteiger partial charge in [-0.3, -0.25) is 4.79 Å². The summed E-state index contributed by atoms with van der Waals surface area (Å²) in [5, 5.41) is 9.72. The highest BCUT2D eigenvalue weighted by atomic mass is 17.2. The highest BCUT2D eigenvalue weighted by Crippen LogP contribution is 2.43. The third-order valence-corrected chi connectivity index (χ3v) is 4.24. The standard InChI is InChI=1S/C19H18O6/c1-3-12-9-10-16-14(11-12)17(20)13-7-5-6-8-15(13)19(16,25-22)24-18(21)23-4-2/h5-11,22H,3-4H2,1-2H3. The molecule has 0 spiro atoms. The number of hydrogen-bond acceptors (Lipinski definition) is 6. The molecule has 130 valence electrons. The first kappa shape index (κ1) is 17.1. The number of carbonyl (C=O) groups excluding carboxylic acids is 2. The number of benzene rings is 2. The normalized spacial score (nSPS) is 18.3. The first-order valence-electron chi connectivity index (χ1n) is 8.03. The van der Waals surface area contributed by atoms with Crippen molar-refractivity contribution < 1.29 is 29.2 Å². The molecule has 0 aliphatic heterocycles. The number of hydrogen-bond donors (Lipinski definition) is 1. The van der Waals surface area contributed by atoms with Gasteiger partial charge in [0.25, 0.3) is 0 Å². The van der Waals surface area contributed by atoms with Crippen LogP contribution in [0.2, 0.25) is 0 Å². The van der Waals surface area contributed by atoms with Crippen LogP contribution < -0.4 is 0 Å². The van der Waals surface area contributed by atoms with Crippen LogP contribution in [-0.2, 0) is 26.6 Å². The van der Waals surface area contributed by atoms with Gasteiger partial charge in [0.15, 0.2) is 5.78 Å². The summed E-state index contributed by atoms with van der Waals surface area (Å²) in [4.78, 5) is 29.6. The summed E-state index contributed by atoms with van der Waals surface area (Å²) in [6.45, 7) is 3.70. The largest absolute Gasteiger partial charge is 0.511 e. The maximum atomic E-state index is 12.9. The summed E-state index contributed by atoms with van der Waals surface area (Å²) >= 11 is 0. The zero-order valence-electron chi connectivity index (χ0n) is 13.9. The van der Waals surface area contributed by atoms with Crippen LogP contribution in [0.15, 0.2) is 42.5 Å². The fourth-order valence-corrected chi connectivity index (χ4v) is 3.04. The lowest BCUT2D eigenvalue weighted by molar-refractivity contribution is -0.383. The summed E-state index contributed by atoms with van der Waals surface area (Å²) < 4.78 is 10.2. The summed E-state index contributed by atoms with van der Waals surface area (Å²) in [6.07, 6.45) is -0.278. The number of fused-ring (bicyclic) bond motifs is 2. The molecule has 6 heteroatoms. The summed E-state index contributed by atoms with van der Waals surface area (Å²) in [5.41, 5.74) is 2.05. The van der Waals surface area contributed by atoms with Crippen molar-refractivity contribution in [1.29, 1.82) is 0 Å². The van der Waals surface area contributed by atoms with E-state index in [-0.39, 0.29) is 23.5 Å². The van der Waals surface area contributed by atoms with E-state index in [0.717, 1.165) is 12.0 Å². The van der Waals surface area contributed by atoms with E-state index in [1.807, 2.05) is 6.92 Å². The van der Waals surface area contributed by atoms with Crippen LogP contribution >= 0.6 is 0 Å². The Kier molecular flexibility index (Phi) is 4.57. The van der Waals surface area contributed by atoms with E-state index in [4.69, 9.17) is 14.4 Å². The summed E-state index contributed by atoms with van der Waals surface area (Å²) in [7, 11) is 0. The van der Waals surface area contributed by atoms with E-state index in [1.54, 1.807) is 49.4 Å². The van der Waals surface area contributed by atoms with Gasteiger partial charge in [0.2, 0.25) is 0 Å². The third-order valence-electron chi connectivity index (χ3n) is 4.24. The molecule has 1 N–H and O–H groups in total. The molecule has 0 radical (unpaired) electrons. The molecule has 1 aliphatic rings. The Hall–Kier alpha value is -2.70. The van der Waals surface area contributed by atoms with Crippen LogP contribution in [0.1, 0.15) is 46.5 Å². The lowest BCUT2D eigenvalue weighted by Crippen LogP contribution is -2.42. The lowest BCUT2D eigenvalue weighted by atomic mass is 9.79. The van der Waals surface area contributed by atoms with Crippen molar-refractivity contribution in [1.82, 2.24) is 0 Å². The van der Waals surface area contributed by atoms with Crippen LogP contribution in [0.5, 0.6) is 0 Å². The van der Waals surface area contributed by atoms with E-state index in [2.05, 4.69) is 0 Å². The van der Waals surface area contributed by atoms with E-state index < -0.39 is 11.9 Å². The topological polar surface area (TPSA) is 82.1 Å². The van der Waals surface area contributed by atoms with Crippen LogP contribution in [0.3, 0.4) is 0 Å². The minimum Gasteiger partial charge on any atom is -0.435 e. The van der Waals surface area contributed by atoms with E-state index >= 15 is 0 Å². The monoisotopic (exact) mass is 342 g/mol. The number of ketones is 1. The summed E-state index contributed by atoms with van der Waals surface area (Å²) in [5.74, 6) is -2.18. The molecule has 3 rings (SSSR count). The van der Waals surface area contributed by atoms with Crippen molar-refractivity contribution in [3.8, 4) is 0 Å². The molecule has 0 bridgehead atoms. The molecular formula is C19H18O6. The van der Waals surface area contributed by atoms with E-state index in [1.165, 1.54) is 0 Å². The van der Waals surface area contributed by atoms with Crippen molar-refractivity contribution in [3.63, 3.8) is 0 Å². The van der Waals surface area contributed by atoms with Crippen molar-refractivity contribution in [2.75, 3.05) is 6.61 Å². The van der Waals surface area contributed by atoms with Gasteiger partial charge in [-0.2, -0.15) is 4.89 Å². The average molecular weight is 342 g/mol. The van der Waals surface area contributed by atoms with Crippen molar-refractivity contribution >= 4 is 11.9 Å². The van der Waals surface area contributed by atoms with Gasteiger partial charge in [0, 0.05) is 22.3 Å². The van der Waals surface area contributed by atoms with Gasteiger partial charge < -0.3 is 9.47 Å². The molecule has 6 nitrogen and oxygen atoms in total. The molecule has 2 aromatic carbocycles. The van der Waals surface area contributed by atoms with Crippen LogP contribution in [0, 0.1) is 0 Å². The fourth-order valence-electron chi connectivity index (χ4n) is 3.04. The predicted molar refractivity (Wildman–Crippen MR) is 88.3 cm³/mol. The van der Waals surface area contributed by atoms with E-state index in [9.17, 15) is 14.8 Å². The molecule has 2 aromatic rings. The van der Waals surface area contributed by atoms with Crippen LogP contribution in [0.25, 0.3) is 0 Å². The van der Waals surface area contributed by atoms with E-state index in [0.29, 0.717) is 11.1 Å².